The van der Waals surface area contributed by atoms with E-state index >= 15 is 0 Å². The van der Waals surface area contributed by atoms with Crippen LogP contribution in [0.1, 0.15) is 41.0 Å². The molecule has 2 aromatic heterocycles. The summed E-state index contributed by atoms with van der Waals surface area (Å²) in [5.74, 6) is 0.230. The molecule has 0 spiro atoms. The minimum absolute atomic E-state index is 0.194. The molecule has 0 fully saturated rings. The summed E-state index contributed by atoms with van der Waals surface area (Å²) in [4.78, 5) is 25.0. The first-order valence-corrected chi connectivity index (χ1v) is 10.9. The summed E-state index contributed by atoms with van der Waals surface area (Å²) in [6, 6.07) is 10.8. The molecule has 0 aliphatic carbocycles. The minimum atomic E-state index is -0.635. The van der Waals surface area contributed by atoms with Crippen LogP contribution in [0.2, 0.25) is 5.15 Å². The lowest BCUT2D eigenvalue weighted by Crippen LogP contribution is -2.45. The molecule has 0 bridgehead atoms. The number of pyridine rings is 1. The maximum atomic E-state index is 12.6. The first-order valence-electron chi connectivity index (χ1n) is 9.72. The van der Waals surface area contributed by atoms with Gasteiger partial charge < -0.3 is 16.4 Å². The van der Waals surface area contributed by atoms with E-state index in [1.54, 1.807) is 12.1 Å². The van der Waals surface area contributed by atoms with Crippen LogP contribution >= 0.6 is 27.5 Å². The van der Waals surface area contributed by atoms with Crippen molar-refractivity contribution >= 4 is 50.8 Å². The Morgan fingerprint density at radius 2 is 1.88 bits per heavy atom. The van der Waals surface area contributed by atoms with Crippen molar-refractivity contribution in [3.05, 3.63) is 74.7 Å². The molecule has 0 aliphatic rings. The predicted molar refractivity (Wildman–Crippen MR) is 131 cm³/mol. The molecule has 1 amide bonds. The van der Waals surface area contributed by atoms with Crippen molar-refractivity contribution < 1.29 is 4.79 Å². The number of carbonyl (C=O) groups is 1. The quantitative estimate of drug-likeness (QED) is 0.275. The molecule has 8 nitrogen and oxygen atoms in total. The summed E-state index contributed by atoms with van der Waals surface area (Å²) >= 11 is 9.22. The van der Waals surface area contributed by atoms with Crippen LogP contribution in [0.25, 0.3) is 0 Å². The van der Waals surface area contributed by atoms with Gasteiger partial charge in [0.15, 0.2) is 0 Å². The topological polar surface area (TPSA) is 130 Å². The molecular weight excluding hydrogens is 494 g/mol. The van der Waals surface area contributed by atoms with Crippen LogP contribution in [0.3, 0.4) is 0 Å². The molecule has 166 valence electrons. The van der Waals surface area contributed by atoms with E-state index < -0.39 is 5.54 Å². The number of rotatable bonds is 7. The van der Waals surface area contributed by atoms with Crippen LogP contribution in [0.4, 0.5) is 11.6 Å². The summed E-state index contributed by atoms with van der Waals surface area (Å²) in [5, 5.41) is 15.0. The Labute approximate surface area is 199 Å². The molecule has 0 unspecified atom stereocenters. The Bertz CT molecular complexity index is 1170. The van der Waals surface area contributed by atoms with Crippen LogP contribution in [0, 0.1) is 12.3 Å². The van der Waals surface area contributed by atoms with E-state index in [-0.39, 0.29) is 34.8 Å². The Balaban J connectivity index is 1.79. The number of hydrogen-bond acceptors (Lipinski definition) is 7. The number of benzene rings is 1. The zero-order valence-corrected chi connectivity index (χ0v) is 20.2. The van der Waals surface area contributed by atoms with Gasteiger partial charge >= 0.3 is 0 Å². The molecular formula is C22H23BrClN7O. The van der Waals surface area contributed by atoms with Crippen molar-refractivity contribution in [1.29, 1.82) is 5.41 Å². The second-order valence-corrected chi connectivity index (χ2v) is 9.12. The van der Waals surface area contributed by atoms with Crippen LogP contribution in [-0.2, 0) is 0 Å². The number of amides is 1. The predicted octanol–water partition coefficient (Wildman–Crippen LogP) is 4.21. The van der Waals surface area contributed by atoms with Gasteiger partial charge in [0, 0.05) is 16.6 Å². The summed E-state index contributed by atoms with van der Waals surface area (Å²) in [6.45, 7) is 6.01. The number of hydrogen-bond donors (Lipinski definition) is 4. The van der Waals surface area contributed by atoms with Gasteiger partial charge in [-0.3, -0.25) is 10.2 Å². The van der Waals surface area contributed by atoms with Gasteiger partial charge in [-0.1, -0.05) is 41.4 Å². The molecule has 0 atom stereocenters. The summed E-state index contributed by atoms with van der Waals surface area (Å²) in [7, 11) is 0. The lowest BCUT2D eigenvalue weighted by Gasteiger charge is -2.28. The standard InChI is InChI=1S/C22H23BrClN7O/c1-12-4-6-13(7-5-12)17(25)16-19(26)28-11-29-20(16)31-22(2,3)10-27-21(32)18-14(23)8-9-15(24)30-18/h4-9,11,25H,10H2,1-3H3,(H,27,32)(H3,26,28,29,31). The second-order valence-electron chi connectivity index (χ2n) is 7.88. The number of halogens is 2. The third-order valence-electron chi connectivity index (χ3n) is 4.64. The zero-order valence-electron chi connectivity index (χ0n) is 17.8. The number of nitrogen functional groups attached to an aromatic ring is 1. The molecule has 3 rings (SSSR count). The van der Waals surface area contributed by atoms with Crippen molar-refractivity contribution in [2.75, 3.05) is 17.6 Å². The highest BCUT2D eigenvalue weighted by Crippen LogP contribution is 2.24. The van der Waals surface area contributed by atoms with Crippen LogP contribution in [-0.4, -0.2) is 38.7 Å². The van der Waals surface area contributed by atoms with E-state index in [0.717, 1.165) is 5.56 Å². The molecule has 10 heteroatoms. The molecule has 5 N–H and O–H groups in total. The monoisotopic (exact) mass is 515 g/mol. The summed E-state index contributed by atoms with van der Waals surface area (Å²) in [5.41, 5.74) is 8.06. The SMILES string of the molecule is Cc1ccc(C(=N)c2c(N)ncnc2NC(C)(C)CNC(=O)c2nc(Cl)ccc2Br)cc1. The van der Waals surface area contributed by atoms with Gasteiger partial charge in [-0.2, -0.15) is 0 Å². The van der Waals surface area contributed by atoms with Gasteiger partial charge in [0.25, 0.3) is 5.91 Å². The van der Waals surface area contributed by atoms with E-state index in [4.69, 9.17) is 22.7 Å². The number of aryl methyl sites for hydroxylation is 1. The van der Waals surface area contributed by atoms with Crippen molar-refractivity contribution in [1.82, 2.24) is 20.3 Å². The number of nitrogens with two attached hydrogens (primary N) is 1. The Morgan fingerprint density at radius 1 is 1.19 bits per heavy atom. The first kappa shape index (κ1) is 23.6. The third-order valence-corrected chi connectivity index (χ3v) is 5.49. The average Bonchev–Trinajstić information content (AvgIpc) is 2.74. The van der Waals surface area contributed by atoms with E-state index in [2.05, 4.69) is 41.5 Å². The third kappa shape index (κ3) is 5.60. The maximum absolute atomic E-state index is 12.6. The average molecular weight is 517 g/mol. The fourth-order valence-corrected chi connectivity index (χ4v) is 3.48. The fourth-order valence-electron chi connectivity index (χ4n) is 2.93. The number of anilines is 2. The molecule has 32 heavy (non-hydrogen) atoms. The normalized spacial score (nSPS) is 11.2. The summed E-state index contributed by atoms with van der Waals surface area (Å²) in [6.07, 6.45) is 1.34. The van der Waals surface area contributed by atoms with Gasteiger partial charge in [-0.15, -0.1) is 0 Å². The molecule has 0 saturated carbocycles. The Morgan fingerprint density at radius 3 is 2.56 bits per heavy atom. The van der Waals surface area contributed by atoms with Gasteiger partial charge in [0.05, 0.1) is 16.8 Å². The van der Waals surface area contributed by atoms with Crippen LogP contribution < -0.4 is 16.4 Å². The fraction of sp³-hybridized carbons (Fsp3) is 0.227. The van der Waals surface area contributed by atoms with Crippen molar-refractivity contribution in [3.63, 3.8) is 0 Å². The molecule has 0 aliphatic heterocycles. The van der Waals surface area contributed by atoms with Gasteiger partial charge in [0.2, 0.25) is 0 Å². The molecule has 3 aromatic rings. The highest BCUT2D eigenvalue weighted by Gasteiger charge is 2.25. The van der Waals surface area contributed by atoms with Crippen LogP contribution in [0.5, 0.6) is 0 Å². The summed E-state index contributed by atoms with van der Waals surface area (Å²) < 4.78 is 0.544. The Kier molecular flexibility index (Phi) is 7.10. The van der Waals surface area contributed by atoms with Crippen LogP contribution in [0.15, 0.2) is 47.2 Å². The first-order chi connectivity index (χ1) is 15.1. The van der Waals surface area contributed by atoms with Gasteiger partial charge in [0.1, 0.15) is 28.8 Å². The largest absolute Gasteiger partial charge is 0.383 e. The molecule has 1 aromatic carbocycles. The Hall–Kier alpha value is -3.04. The number of nitrogens with one attached hydrogen (secondary N) is 3. The van der Waals surface area contributed by atoms with Crippen molar-refractivity contribution in [2.24, 2.45) is 0 Å². The lowest BCUT2D eigenvalue weighted by atomic mass is 10.00. The van der Waals surface area contributed by atoms with E-state index in [9.17, 15) is 4.79 Å². The number of aromatic nitrogens is 3. The van der Waals surface area contributed by atoms with E-state index in [0.29, 0.717) is 21.4 Å². The highest BCUT2D eigenvalue weighted by atomic mass is 79.9. The molecule has 0 radical (unpaired) electrons. The van der Waals surface area contributed by atoms with Crippen molar-refractivity contribution in [2.45, 2.75) is 26.3 Å². The highest BCUT2D eigenvalue weighted by molar-refractivity contribution is 9.10. The zero-order chi connectivity index (χ0) is 23.5. The van der Waals surface area contributed by atoms with Crippen molar-refractivity contribution in [3.8, 4) is 0 Å². The smallest absolute Gasteiger partial charge is 0.271 e. The molecule has 2 heterocycles. The lowest BCUT2D eigenvalue weighted by molar-refractivity contribution is 0.0941. The maximum Gasteiger partial charge on any atom is 0.271 e. The van der Waals surface area contributed by atoms with Gasteiger partial charge in [-0.05, 0) is 48.8 Å². The van der Waals surface area contributed by atoms with E-state index in [1.807, 2.05) is 45.0 Å². The molecule has 0 saturated heterocycles. The van der Waals surface area contributed by atoms with E-state index in [1.165, 1.54) is 6.33 Å². The minimum Gasteiger partial charge on any atom is -0.383 e. The van der Waals surface area contributed by atoms with Gasteiger partial charge in [-0.25, -0.2) is 15.0 Å². The second kappa shape index (κ2) is 9.62. The number of carbonyl (C=O) groups excluding carboxylic acids is 1. The number of nitrogens with zero attached hydrogens (tertiary/aromatic N) is 3.